The maximum absolute atomic E-state index is 12.6. The predicted molar refractivity (Wildman–Crippen MR) is 108 cm³/mol. The van der Waals surface area contributed by atoms with Gasteiger partial charge in [0.25, 0.3) is 5.91 Å². The van der Waals surface area contributed by atoms with Crippen molar-refractivity contribution in [2.24, 2.45) is 0 Å². The van der Waals surface area contributed by atoms with Crippen molar-refractivity contribution < 1.29 is 19.4 Å². The Labute approximate surface area is 168 Å². The van der Waals surface area contributed by atoms with Gasteiger partial charge in [0.15, 0.2) is 0 Å². The minimum absolute atomic E-state index is 0.0953. The summed E-state index contributed by atoms with van der Waals surface area (Å²) in [6.07, 6.45) is 0. The average Bonchev–Trinajstić information content (AvgIpc) is 2.98. The molecule has 9 nitrogen and oxygen atoms in total. The van der Waals surface area contributed by atoms with Gasteiger partial charge in [0, 0.05) is 29.3 Å². The number of ether oxygens (including phenoxy) is 1. The molecule has 29 heavy (non-hydrogen) atoms. The number of nitrogens with zero attached hydrogens (tertiary/aromatic N) is 3. The Bertz CT molecular complexity index is 936. The van der Waals surface area contributed by atoms with Crippen molar-refractivity contribution in [1.29, 1.82) is 0 Å². The summed E-state index contributed by atoms with van der Waals surface area (Å²) in [5.74, 6) is -0.429. The lowest BCUT2D eigenvalue weighted by molar-refractivity contribution is -0.136. The third kappa shape index (κ3) is 4.69. The number of methoxy groups -OCH3 is 1. The molecule has 0 atom stereocenters. The Balaban J connectivity index is 1.76. The van der Waals surface area contributed by atoms with Crippen LogP contribution >= 0.6 is 0 Å². The van der Waals surface area contributed by atoms with Crippen LogP contribution in [0.2, 0.25) is 0 Å². The molecule has 1 aliphatic rings. The number of esters is 1. The van der Waals surface area contributed by atoms with E-state index in [-0.39, 0.29) is 36.9 Å². The van der Waals surface area contributed by atoms with Gasteiger partial charge in [-0.2, -0.15) is 0 Å². The lowest BCUT2D eigenvalue weighted by Gasteiger charge is -2.15. The maximum atomic E-state index is 12.6. The predicted octanol–water partition coefficient (Wildman–Crippen LogP) is 1.51. The Morgan fingerprint density at radius 3 is 2.28 bits per heavy atom. The van der Waals surface area contributed by atoms with Gasteiger partial charge in [0.1, 0.15) is 5.70 Å². The summed E-state index contributed by atoms with van der Waals surface area (Å²) in [7, 11) is 1.27. The number of aryl methyl sites for hydroxylation is 2. The molecule has 0 aliphatic carbocycles. The van der Waals surface area contributed by atoms with Crippen LogP contribution in [0.4, 0.5) is 17.3 Å². The third-order valence-electron chi connectivity index (χ3n) is 4.35. The zero-order valence-corrected chi connectivity index (χ0v) is 16.5. The van der Waals surface area contributed by atoms with Gasteiger partial charge < -0.3 is 25.4 Å². The highest BCUT2D eigenvalue weighted by Gasteiger charge is 2.34. The summed E-state index contributed by atoms with van der Waals surface area (Å²) in [6, 6.07) is 9.06. The second kappa shape index (κ2) is 8.70. The first-order valence-electron chi connectivity index (χ1n) is 9.09. The topological polar surface area (TPSA) is 117 Å². The minimum atomic E-state index is -0.577. The zero-order chi connectivity index (χ0) is 21.0. The van der Waals surface area contributed by atoms with Crippen LogP contribution in [-0.4, -0.2) is 58.7 Å². The van der Waals surface area contributed by atoms with Crippen LogP contribution in [0.25, 0.3) is 0 Å². The average molecular weight is 397 g/mol. The lowest BCUT2D eigenvalue weighted by Crippen LogP contribution is -2.31. The minimum Gasteiger partial charge on any atom is -0.466 e. The third-order valence-corrected chi connectivity index (χ3v) is 4.35. The van der Waals surface area contributed by atoms with E-state index < -0.39 is 5.97 Å². The van der Waals surface area contributed by atoms with Crippen LogP contribution in [0.1, 0.15) is 11.4 Å². The number of carbonyl (C=O) groups is 2. The van der Waals surface area contributed by atoms with Gasteiger partial charge >= 0.3 is 5.97 Å². The SMILES string of the molecule is COC(=O)C1=C(Nc2ccc(Nc3nc(C)cc(C)n3)cc2)C(=O)N(CCO)C1. The van der Waals surface area contributed by atoms with Crippen molar-refractivity contribution in [3.63, 3.8) is 0 Å². The number of carbonyl (C=O) groups excluding carboxylic acids is 2. The Kier molecular flexibility index (Phi) is 6.08. The number of amides is 1. The highest BCUT2D eigenvalue weighted by molar-refractivity contribution is 6.08. The van der Waals surface area contributed by atoms with Gasteiger partial charge in [-0.15, -0.1) is 0 Å². The van der Waals surface area contributed by atoms with E-state index in [1.165, 1.54) is 12.0 Å². The first-order chi connectivity index (χ1) is 13.9. The number of hydrogen-bond acceptors (Lipinski definition) is 8. The van der Waals surface area contributed by atoms with Crippen molar-refractivity contribution in [2.75, 3.05) is 37.4 Å². The van der Waals surface area contributed by atoms with E-state index in [9.17, 15) is 9.59 Å². The molecule has 152 valence electrons. The van der Waals surface area contributed by atoms with Crippen LogP contribution in [0, 0.1) is 13.8 Å². The van der Waals surface area contributed by atoms with Gasteiger partial charge in [-0.3, -0.25) is 4.79 Å². The van der Waals surface area contributed by atoms with E-state index in [0.717, 1.165) is 17.1 Å². The Morgan fingerprint density at radius 2 is 1.72 bits per heavy atom. The molecule has 0 unspecified atom stereocenters. The molecule has 9 heteroatoms. The van der Waals surface area contributed by atoms with E-state index in [1.54, 1.807) is 12.1 Å². The molecule has 2 heterocycles. The molecule has 3 rings (SSSR count). The van der Waals surface area contributed by atoms with Gasteiger partial charge in [-0.25, -0.2) is 14.8 Å². The largest absolute Gasteiger partial charge is 0.466 e. The Hall–Kier alpha value is -3.46. The van der Waals surface area contributed by atoms with Gasteiger partial charge in [0.05, 0.1) is 25.8 Å². The van der Waals surface area contributed by atoms with E-state index in [4.69, 9.17) is 9.84 Å². The van der Waals surface area contributed by atoms with E-state index in [1.807, 2.05) is 32.0 Å². The molecule has 3 N–H and O–H groups in total. The van der Waals surface area contributed by atoms with Gasteiger partial charge in [0.2, 0.25) is 5.95 Å². The number of aromatic nitrogens is 2. The molecule has 0 saturated carbocycles. The van der Waals surface area contributed by atoms with Crippen LogP contribution < -0.4 is 10.6 Å². The first kappa shape index (κ1) is 20.3. The highest BCUT2D eigenvalue weighted by atomic mass is 16.5. The normalized spacial score (nSPS) is 13.7. The molecule has 2 aromatic rings. The molecule has 1 amide bonds. The summed E-state index contributed by atoms with van der Waals surface area (Å²) in [5.41, 5.74) is 3.54. The molecule has 0 spiro atoms. The fourth-order valence-corrected chi connectivity index (χ4v) is 3.04. The summed E-state index contributed by atoms with van der Waals surface area (Å²) in [5, 5.41) is 15.3. The summed E-state index contributed by atoms with van der Waals surface area (Å²) >= 11 is 0. The molecule has 0 bridgehead atoms. The number of nitrogens with one attached hydrogen (secondary N) is 2. The van der Waals surface area contributed by atoms with Crippen molar-refractivity contribution >= 4 is 29.2 Å². The van der Waals surface area contributed by atoms with Crippen molar-refractivity contribution in [1.82, 2.24) is 14.9 Å². The van der Waals surface area contributed by atoms with Crippen molar-refractivity contribution in [2.45, 2.75) is 13.8 Å². The quantitative estimate of drug-likeness (QED) is 0.602. The number of hydrogen-bond donors (Lipinski definition) is 3. The molecule has 1 aromatic heterocycles. The van der Waals surface area contributed by atoms with Gasteiger partial charge in [-0.05, 0) is 44.2 Å². The number of β-amino-alcohol motifs (C(OH)–C–C–N with tert-alkyl or cyclic N) is 1. The molecule has 1 aromatic carbocycles. The highest BCUT2D eigenvalue weighted by Crippen LogP contribution is 2.24. The van der Waals surface area contributed by atoms with E-state index >= 15 is 0 Å². The second-order valence-electron chi connectivity index (χ2n) is 6.60. The number of aliphatic hydroxyl groups is 1. The lowest BCUT2D eigenvalue weighted by atomic mass is 10.2. The molecular formula is C20H23N5O4. The number of anilines is 3. The van der Waals surface area contributed by atoms with E-state index in [0.29, 0.717) is 11.6 Å². The first-order valence-corrected chi connectivity index (χ1v) is 9.09. The zero-order valence-electron chi connectivity index (χ0n) is 16.5. The summed E-state index contributed by atoms with van der Waals surface area (Å²) in [4.78, 5) is 34.7. The Morgan fingerprint density at radius 1 is 1.14 bits per heavy atom. The fraction of sp³-hybridized carbons (Fsp3) is 0.300. The number of aliphatic hydroxyl groups excluding tert-OH is 1. The van der Waals surface area contributed by atoms with Crippen molar-refractivity contribution in [3.8, 4) is 0 Å². The number of rotatable bonds is 7. The van der Waals surface area contributed by atoms with Crippen LogP contribution in [0.3, 0.4) is 0 Å². The molecule has 0 saturated heterocycles. The van der Waals surface area contributed by atoms with Crippen LogP contribution in [-0.2, 0) is 14.3 Å². The monoisotopic (exact) mass is 397 g/mol. The van der Waals surface area contributed by atoms with Crippen LogP contribution in [0.5, 0.6) is 0 Å². The molecule has 1 aliphatic heterocycles. The smallest absolute Gasteiger partial charge is 0.337 e. The maximum Gasteiger partial charge on any atom is 0.337 e. The standard InChI is InChI=1S/C20H23N5O4/c1-12-10-13(2)22-20(21-12)24-15-6-4-14(5-7-15)23-17-16(19(28)29-3)11-25(8-9-26)18(17)27/h4-7,10,23,26H,8-9,11H2,1-3H3,(H,21,22,24). The second-order valence-corrected chi connectivity index (χ2v) is 6.60. The van der Waals surface area contributed by atoms with Crippen LogP contribution in [0.15, 0.2) is 41.6 Å². The van der Waals surface area contributed by atoms with E-state index in [2.05, 4.69) is 20.6 Å². The summed E-state index contributed by atoms with van der Waals surface area (Å²) in [6.45, 7) is 3.85. The molecule has 0 radical (unpaired) electrons. The van der Waals surface area contributed by atoms with Crippen molar-refractivity contribution in [3.05, 3.63) is 53.0 Å². The molecule has 0 fully saturated rings. The molecular weight excluding hydrogens is 374 g/mol. The number of benzene rings is 1. The fourth-order valence-electron chi connectivity index (χ4n) is 3.04. The van der Waals surface area contributed by atoms with Gasteiger partial charge in [-0.1, -0.05) is 0 Å². The summed E-state index contributed by atoms with van der Waals surface area (Å²) < 4.78 is 4.78.